The average Bonchev–Trinajstić information content (AvgIpc) is 2.77. The Labute approximate surface area is 111 Å². The molecule has 1 aromatic rings. The average molecular weight is 249 g/mol. The standard InChI is InChI=1S/C15H27N3/c1-4-15-14(11-18(3)17-15)10-16-12(2)13-8-6-5-7-9-13/h11-13,16H,4-10H2,1-3H3/t12-/m0/s1. The van der Waals surface area contributed by atoms with Crippen LogP contribution in [0.15, 0.2) is 6.20 Å². The number of rotatable bonds is 5. The van der Waals surface area contributed by atoms with E-state index < -0.39 is 0 Å². The SMILES string of the molecule is CCc1nn(C)cc1CN[C@@H](C)C1CCCCC1. The van der Waals surface area contributed by atoms with E-state index in [0.29, 0.717) is 6.04 Å². The molecule has 0 amide bonds. The number of hydrogen-bond acceptors (Lipinski definition) is 2. The molecule has 1 aliphatic rings. The van der Waals surface area contributed by atoms with E-state index in [1.165, 1.54) is 43.4 Å². The molecule has 1 aromatic heterocycles. The molecule has 0 bridgehead atoms. The maximum absolute atomic E-state index is 4.50. The van der Waals surface area contributed by atoms with E-state index in [1.807, 2.05) is 11.7 Å². The zero-order valence-electron chi connectivity index (χ0n) is 12.1. The second-order valence-electron chi connectivity index (χ2n) is 5.70. The van der Waals surface area contributed by atoms with Gasteiger partial charge in [-0.05, 0) is 32.1 Å². The second-order valence-corrected chi connectivity index (χ2v) is 5.70. The number of aromatic nitrogens is 2. The summed E-state index contributed by atoms with van der Waals surface area (Å²) >= 11 is 0. The Morgan fingerprint density at radius 1 is 1.39 bits per heavy atom. The van der Waals surface area contributed by atoms with Crippen LogP contribution in [0.3, 0.4) is 0 Å². The van der Waals surface area contributed by atoms with Crippen LogP contribution in [-0.2, 0) is 20.0 Å². The first-order valence-corrected chi connectivity index (χ1v) is 7.45. The highest BCUT2D eigenvalue weighted by atomic mass is 15.3. The smallest absolute Gasteiger partial charge is 0.0666 e. The maximum atomic E-state index is 4.50. The van der Waals surface area contributed by atoms with Crippen molar-refractivity contribution >= 4 is 0 Å². The molecule has 102 valence electrons. The van der Waals surface area contributed by atoms with Gasteiger partial charge in [-0.25, -0.2) is 0 Å². The van der Waals surface area contributed by atoms with Crippen LogP contribution in [0.5, 0.6) is 0 Å². The summed E-state index contributed by atoms with van der Waals surface area (Å²) < 4.78 is 1.93. The summed E-state index contributed by atoms with van der Waals surface area (Å²) in [6.07, 6.45) is 10.3. The lowest BCUT2D eigenvalue weighted by Crippen LogP contribution is -2.34. The van der Waals surface area contributed by atoms with Gasteiger partial charge in [-0.2, -0.15) is 5.10 Å². The van der Waals surface area contributed by atoms with Crippen LogP contribution in [0.1, 0.15) is 57.2 Å². The van der Waals surface area contributed by atoms with Gasteiger partial charge in [0.1, 0.15) is 0 Å². The molecule has 1 aliphatic carbocycles. The Morgan fingerprint density at radius 3 is 2.78 bits per heavy atom. The fraction of sp³-hybridized carbons (Fsp3) is 0.800. The van der Waals surface area contributed by atoms with E-state index >= 15 is 0 Å². The third kappa shape index (κ3) is 3.35. The number of hydrogen-bond donors (Lipinski definition) is 1. The predicted octanol–water partition coefficient (Wildman–Crippen LogP) is 3.04. The normalized spacial score (nSPS) is 19.1. The number of aryl methyl sites for hydroxylation is 2. The van der Waals surface area contributed by atoms with Gasteiger partial charge in [-0.1, -0.05) is 26.2 Å². The van der Waals surface area contributed by atoms with Crippen LogP contribution in [0.2, 0.25) is 0 Å². The monoisotopic (exact) mass is 249 g/mol. The maximum Gasteiger partial charge on any atom is 0.0666 e. The van der Waals surface area contributed by atoms with Crippen LogP contribution in [0.4, 0.5) is 0 Å². The Morgan fingerprint density at radius 2 is 2.11 bits per heavy atom. The third-order valence-corrected chi connectivity index (χ3v) is 4.30. The Balaban J connectivity index is 1.86. The molecule has 1 heterocycles. The van der Waals surface area contributed by atoms with Gasteiger partial charge < -0.3 is 5.32 Å². The molecule has 3 nitrogen and oxygen atoms in total. The van der Waals surface area contributed by atoms with Crippen molar-refractivity contribution in [2.75, 3.05) is 0 Å². The van der Waals surface area contributed by atoms with Gasteiger partial charge in [-0.3, -0.25) is 4.68 Å². The van der Waals surface area contributed by atoms with Gasteiger partial charge in [0.2, 0.25) is 0 Å². The summed E-state index contributed by atoms with van der Waals surface area (Å²) in [7, 11) is 2.01. The van der Waals surface area contributed by atoms with Crippen molar-refractivity contribution in [2.45, 2.75) is 65.0 Å². The highest BCUT2D eigenvalue weighted by Crippen LogP contribution is 2.26. The molecule has 3 heteroatoms. The fourth-order valence-electron chi connectivity index (χ4n) is 3.10. The fourth-order valence-corrected chi connectivity index (χ4v) is 3.10. The largest absolute Gasteiger partial charge is 0.310 e. The van der Waals surface area contributed by atoms with Gasteiger partial charge in [-0.15, -0.1) is 0 Å². The van der Waals surface area contributed by atoms with E-state index in [2.05, 4.69) is 30.5 Å². The minimum atomic E-state index is 0.634. The molecule has 0 unspecified atom stereocenters. The highest BCUT2D eigenvalue weighted by Gasteiger charge is 2.19. The summed E-state index contributed by atoms with van der Waals surface area (Å²) in [5.74, 6) is 0.875. The van der Waals surface area contributed by atoms with Gasteiger partial charge in [0.25, 0.3) is 0 Å². The highest BCUT2D eigenvalue weighted by molar-refractivity contribution is 5.16. The minimum absolute atomic E-state index is 0.634. The van der Waals surface area contributed by atoms with Gasteiger partial charge in [0, 0.05) is 31.4 Å². The molecule has 0 spiro atoms. The van der Waals surface area contributed by atoms with Crippen molar-refractivity contribution in [3.8, 4) is 0 Å². The van der Waals surface area contributed by atoms with Crippen LogP contribution >= 0.6 is 0 Å². The first-order chi connectivity index (χ1) is 8.70. The molecule has 1 N–H and O–H groups in total. The number of nitrogens with one attached hydrogen (secondary N) is 1. The lowest BCUT2D eigenvalue weighted by molar-refractivity contribution is 0.280. The van der Waals surface area contributed by atoms with Crippen molar-refractivity contribution < 1.29 is 0 Å². The molecule has 0 saturated heterocycles. The van der Waals surface area contributed by atoms with Gasteiger partial charge in [0.05, 0.1) is 5.69 Å². The lowest BCUT2D eigenvalue weighted by atomic mass is 9.84. The zero-order valence-corrected chi connectivity index (χ0v) is 12.1. The zero-order chi connectivity index (χ0) is 13.0. The molecule has 1 atom stereocenters. The first-order valence-electron chi connectivity index (χ1n) is 7.45. The van der Waals surface area contributed by atoms with E-state index in [4.69, 9.17) is 0 Å². The summed E-state index contributed by atoms with van der Waals surface area (Å²) in [5.41, 5.74) is 2.60. The van der Waals surface area contributed by atoms with Crippen LogP contribution in [-0.4, -0.2) is 15.8 Å². The lowest BCUT2D eigenvalue weighted by Gasteiger charge is -2.28. The second kappa shape index (κ2) is 6.37. The van der Waals surface area contributed by atoms with E-state index in [-0.39, 0.29) is 0 Å². The summed E-state index contributed by atoms with van der Waals surface area (Å²) in [6.45, 7) is 5.49. The van der Waals surface area contributed by atoms with Crippen molar-refractivity contribution in [1.82, 2.24) is 15.1 Å². The van der Waals surface area contributed by atoms with Crippen molar-refractivity contribution in [3.05, 3.63) is 17.5 Å². The quantitative estimate of drug-likeness (QED) is 0.869. The van der Waals surface area contributed by atoms with Crippen molar-refractivity contribution in [3.63, 3.8) is 0 Å². The molecule has 0 aliphatic heterocycles. The molecule has 18 heavy (non-hydrogen) atoms. The molecular weight excluding hydrogens is 222 g/mol. The Bertz CT molecular complexity index is 364. The molecule has 0 radical (unpaired) electrons. The van der Waals surface area contributed by atoms with Crippen molar-refractivity contribution in [1.29, 1.82) is 0 Å². The minimum Gasteiger partial charge on any atom is -0.310 e. The van der Waals surface area contributed by atoms with Gasteiger partial charge >= 0.3 is 0 Å². The molecular formula is C15H27N3. The Kier molecular flexibility index (Phi) is 4.81. The predicted molar refractivity (Wildman–Crippen MR) is 75.5 cm³/mol. The molecule has 2 rings (SSSR count). The van der Waals surface area contributed by atoms with Crippen LogP contribution < -0.4 is 5.32 Å². The third-order valence-electron chi connectivity index (χ3n) is 4.30. The van der Waals surface area contributed by atoms with Crippen LogP contribution in [0.25, 0.3) is 0 Å². The molecule has 1 saturated carbocycles. The molecule has 1 fully saturated rings. The molecule has 0 aromatic carbocycles. The van der Waals surface area contributed by atoms with E-state index in [9.17, 15) is 0 Å². The van der Waals surface area contributed by atoms with E-state index in [1.54, 1.807) is 0 Å². The summed E-state index contributed by atoms with van der Waals surface area (Å²) in [5, 5.41) is 8.20. The first kappa shape index (κ1) is 13.6. The topological polar surface area (TPSA) is 29.9 Å². The Hall–Kier alpha value is -0.830. The van der Waals surface area contributed by atoms with Crippen LogP contribution in [0, 0.1) is 5.92 Å². The number of nitrogens with zero attached hydrogens (tertiary/aromatic N) is 2. The van der Waals surface area contributed by atoms with E-state index in [0.717, 1.165) is 18.9 Å². The van der Waals surface area contributed by atoms with Gasteiger partial charge in [0.15, 0.2) is 0 Å². The summed E-state index contributed by atoms with van der Waals surface area (Å²) in [4.78, 5) is 0. The van der Waals surface area contributed by atoms with Crippen molar-refractivity contribution in [2.24, 2.45) is 13.0 Å². The summed E-state index contributed by atoms with van der Waals surface area (Å²) in [6, 6.07) is 0.634.